The summed E-state index contributed by atoms with van der Waals surface area (Å²) >= 11 is 0. The lowest BCUT2D eigenvalue weighted by Gasteiger charge is -2.02. The van der Waals surface area contributed by atoms with Gasteiger partial charge in [-0.25, -0.2) is 0 Å². The number of hydrogen-bond acceptors (Lipinski definition) is 2. The minimum absolute atomic E-state index is 0.136. The van der Waals surface area contributed by atoms with E-state index in [0.717, 1.165) is 19.3 Å². The highest BCUT2D eigenvalue weighted by atomic mass is 16.4. The second kappa shape index (κ2) is 7.80. The van der Waals surface area contributed by atoms with Gasteiger partial charge in [0.15, 0.2) is 0 Å². The monoisotopic (exact) mass is 186 g/mol. The zero-order valence-corrected chi connectivity index (χ0v) is 8.07. The van der Waals surface area contributed by atoms with Crippen molar-refractivity contribution < 1.29 is 15.0 Å². The van der Waals surface area contributed by atoms with Gasteiger partial charge in [0.25, 0.3) is 0 Å². The van der Waals surface area contributed by atoms with Crippen LogP contribution in [0.3, 0.4) is 0 Å². The van der Waals surface area contributed by atoms with Crippen LogP contribution in [-0.2, 0) is 4.79 Å². The molecule has 0 bridgehead atoms. The van der Waals surface area contributed by atoms with E-state index in [1.165, 1.54) is 0 Å². The van der Waals surface area contributed by atoms with Gasteiger partial charge < -0.3 is 10.2 Å². The first-order valence-corrected chi connectivity index (χ1v) is 4.73. The molecule has 0 saturated heterocycles. The zero-order valence-electron chi connectivity index (χ0n) is 8.07. The molecule has 0 aromatic carbocycles. The molecule has 13 heavy (non-hydrogen) atoms. The van der Waals surface area contributed by atoms with Gasteiger partial charge in [0, 0.05) is 6.42 Å². The number of unbranched alkanes of at least 4 members (excludes halogenated alkanes) is 1. The summed E-state index contributed by atoms with van der Waals surface area (Å²) in [5.74, 6) is -0.798. The number of aliphatic hydroxyl groups is 1. The van der Waals surface area contributed by atoms with Crippen molar-refractivity contribution in [1.82, 2.24) is 0 Å². The standard InChI is InChI=1S/C10H18O3/c1-2-3-6-9(11)7-4-5-8-10(12)13/h4,7,9,11H,2-3,5-6,8H2,1H3,(H,12,13)/b7-4+. The fourth-order valence-corrected chi connectivity index (χ4v) is 0.970. The SMILES string of the molecule is CCCCC(O)/C=C/CCC(=O)O. The zero-order chi connectivity index (χ0) is 10.1. The molecule has 0 aliphatic carbocycles. The fourth-order valence-electron chi connectivity index (χ4n) is 0.970. The van der Waals surface area contributed by atoms with E-state index in [1.807, 2.05) is 0 Å². The van der Waals surface area contributed by atoms with Crippen molar-refractivity contribution in [3.63, 3.8) is 0 Å². The molecule has 0 amide bonds. The predicted molar refractivity (Wildman–Crippen MR) is 51.5 cm³/mol. The molecule has 1 unspecified atom stereocenters. The first-order valence-electron chi connectivity index (χ1n) is 4.73. The molecule has 0 aliphatic rings. The molecule has 0 heterocycles. The lowest BCUT2D eigenvalue weighted by atomic mass is 10.1. The van der Waals surface area contributed by atoms with Gasteiger partial charge in [-0.15, -0.1) is 0 Å². The average molecular weight is 186 g/mol. The Morgan fingerprint density at radius 1 is 1.54 bits per heavy atom. The fraction of sp³-hybridized carbons (Fsp3) is 0.700. The summed E-state index contributed by atoms with van der Waals surface area (Å²) in [7, 11) is 0. The summed E-state index contributed by atoms with van der Waals surface area (Å²) in [6.45, 7) is 2.07. The molecule has 0 radical (unpaired) electrons. The van der Waals surface area contributed by atoms with E-state index < -0.39 is 12.1 Å². The van der Waals surface area contributed by atoms with Crippen LogP contribution in [0, 0.1) is 0 Å². The Labute approximate surface area is 79.1 Å². The smallest absolute Gasteiger partial charge is 0.303 e. The van der Waals surface area contributed by atoms with Gasteiger partial charge in [0.1, 0.15) is 0 Å². The van der Waals surface area contributed by atoms with Gasteiger partial charge in [0.05, 0.1) is 6.10 Å². The van der Waals surface area contributed by atoms with Crippen LogP contribution in [0.2, 0.25) is 0 Å². The van der Waals surface area contributed by atoms with Crippen molar-refractivity contribution in [2.24, 2.45) is 0 Å². The molecular weight excluding hydrogens is 168 g/mol. The number of carboxylic acid groups (broad SMARTS) is 1. The van der Waals surface area contributed by atoms with Gasteiger partial charge in [-0.1, -0.05) is 31.9 Å². The molecule has 0 aromatic heterocycles. The summed E-state index contributed by atoms with van der Waals surface area (Å²) in [5, 5.41) is 17.6. The van der Waals surface area contributed by atoms with Gasteiger partial charge in [-0.05, 0) is 12.8 Å². The van der Waals surface area contributed by atoms with Crippen LogP contribution in [0.4, 0.5) is 0 Å². The van der Waals surface area contributed by atoms with Crippen molar-refractivity contribution >= 4 is 5.97 Å². The van der Waals surface area contributed by atoms with Gasteiger partial charge in [-0.2, -0.15) is 0 Å². The summed E-state index contributed by atoms with van der Waals surface area (Å²) in [4.78, 5) is 10.1. The Hall–Kier alpha value is -0.830. The van der Waals surface area contributed by atoms with Crippen molar-refractivity contribution in [2.45, 2.75) is 45.1 Å². The minimum atomic E-state index is -0.798. The highest BCUT2D eigenvalue weighted by molar-refractivity contribution is 5.66. The van der Waals surface area contributed by atoms with Crippen LogP contribution >= 0.6 is 0 Å². The highest BCUT2D eigenvalue weighted by Gasteiger charge is 1.97. The third-order valence-electron chi connectivity index (χ3n) is 1.74. The molecule has 0 aliphatic heterocycles. The van der Waals surface area contributed by atoms with Crippen LogP contribution in [0.25, 0.3) is 0 Å². The maximum atomic E-state index is 10.1. The number of allylic oxidation sites excluding steroid dienone is 1. The minimum Gasteiger partial charge on any atom is -0.481 e. The Morgan fingerprint density at radius 3 is 2.77 bits per heavy atom. The number of aliphatic carboxylic acids is 1. The maximum Gasteiger partial charge on any atom is 0.303 e. The number of rotatable bonds is 7. The predicted octanol–water partition coefficient (Wildman–Crippen LogP) is 1.96. The summed E-state index contributed by atoms with van der Waals surface area (Å²) in [6, 6.07) is 0. The lowest BCUT2D eigenvalue weighted by Crippen LogP contribution is -2.01. The van der Waals surface area contributed by atoms with Crippen molar-refractivity contribution in [2.75, 3.05) is 0 Å². The van der Waals surface area contributed by atoms with Crippen LogP contribution in [0.15, 0.2) is 12.2 Å². The first kappa shape index (κ1) is 12.2. The van der Waals surface area contributed by atoms with Crippen LogP contribution < -0.4 is 0 Å². The van der Waals surface area contributed by atoms with Gasteiger partial charge >= 0.3 is 5.97 Å². The summed E-state index contributed by atoms with van der Waals surface area (Å²) < 4.78 is 0. The van der Waals surface area contributed by atoms with E-state index in [9.17, 15) is 9.90 Å². The third-order valence-corrected chi connectivity index (χ3v) is 1.74. The number of hydrogen-bond donors (Lipinski definition) is 2. The number of aliphatic hydroxyl groups excluding tert-OH is 1. The average Bonchev–Trinajstić information content (AvgIpc) is 2.08. The Kier molecular flexibility index (Phi) is 7.30. The molecule has 0 saturated carbocycles. The number of carboxylic acids is 1. The van der Waals surface area contributed by atoms with Gasteiger partial charge in [0.2, 0.25) is 0 Å². The number of carbonyl (C=O) groups is 1. The van der Waals surface area contributed by atoms with E-state index in [2.05, 4.69) is 6.92 Å². The second-order valence-electron chi connectivity index (χ2n) is 3.07. The maximum absolute atomic E-state index is 10.1. The third kappa shape index (κ3) is 9.08. The van der Waals surface area contributed by atoms with E-state index >= 15 is 0 Å². The quantitative estimate of drug-likeness (QED) is 0.597. The van der Waals surface area contributed by atoms with Crippen molar-refractivity contribution in [1.29, 1.82) is 0 Å². The van der Waals surface area contributed by atoms with Gasteiger partial charge in [-0.3, -0.25) is 4.79 Å². The summed E-state index contributed by atoms with van der Waals surface area (Å²) in [5.41, 5.74) is 0. The molecule has 3 heteroatoms. The van der Waals surface area contributed by atoms with Crippen molar-refractivity contribution in [3.8, 4) is 0 Å². The molecule has 3 nitrogen and oxygen atoms in total. The second-order valence-corrected chi connectivity index (χ2v) is 3.07. The van der Waals surface area contributed by atoms with Crippen LogP contribution in [0.1, 0.15) is 39.0 Å². The molecule has 0 aromatic rings. The van der Waals surface area contributed by atoms with E-state index in [-0.39, 0.29) is 6.42 Å². The molecule has 0 spiro atoms. The first-order chi connectivity index (χ1) is 6.16. The van der Waals surface area contributed by atoms with E-state index in [4.69, 9.17) is 5.11 Å². The van der Waals surface area contributed by atoms with Crippen molar-refractivity contribution in [3.05, 3.63) is 12.2 Å². The normalized spacial score (nSPS) is 13.4. The Bertz CT molecular complexity index is 164. The molecule has 76 valence electrons. The Balaban J connectivity index is 3.41. The van der Waals surface area contributed by atoms with E-state index in [1.54, 1.807) is 12.2 Å². The molecule has 1 atom stereocenters. The Morgan fingerprint density at radius 2 is 2.23 bits per heavy atom. The largest absolute Gasteiger partial charge is 0.481 e. The van der Waals surface area contributed by atoms with Crippen LogP contribution in [-0.4, -0.2) is 22.3 Å². The highest BCUT2D eigenvalue weighted by Crippen LogP contribution is 2.02. The topological polar surface area (TPSA) is 57.5 Å². The molecule has 0 rings (SSSR count). The molecule has 0 fully saturated rings. The van der Waals surface area contributed by atoms with Crippen LogP contribution in [0.5, 0.6) is 0 Å². The lowest BCUT2D eigenvalue weighted by molar-refractivity contribution is -0.136. The molecule has 2 N–H and O–H groups in total. The van der Waals surface area contributed by atoms with E-state index in [0.29, 0.717) is 6.42 Å². The molecular formula is C10H18O3. The summed E-state index contributed by atoms with van der Waals surface area (Å²) in [6.07, 6.45) is 6.47.